The molecule has 1 spiro atoms. The Bertz CT molecular complexity index is 1340. The molecule has 4 aromatic rings. The van der Waals surface area contributed by atoms with Crippen molar-refractivity contribution in [2.24, 2.45) is 5.41 Å². The summed E-state index contributed by atoms with van der Waals surface area (Å²) in [4.78, 5) is 19.3. The van der Waals surface area contributed by atoms with Gasteiger partial charge >= 0.3 is 0 Å². The quantitative estimate of drug-likeness (QED) is 0.540. The van der Waals surface area contributed by atoms with Gasteiger partial charge in [-0.05, 0) is 55.2 Å². The highest BCUT2D eigenvalue weighted by atomic mass is 16.5. The summed E-state index contributed by atoms with van der Waals surface area (Å²) >= 11 is 0. The highest BCUT2D eigenvalue weighted by molar-refractivity contribution is 5.94. The molecule has 0 radical (unpaired) electrons. The summed E-state index contributed by atoms with van der Waals surface area (Å²) in [6, 6.07) is 14.4. The first kappa shape index (κ1) is 19.1. The van der Waals surface area contributed by atoms with E-state index in [9.17, 15) is 4.79 Å². The predicted octanol–water partition coefficient (Wildman–Crippen LogP) is 3.66. The van der Waals surface area contributed by atoms with Crippen molar-refractivity contribution in [3.05, 3.63) is 54.9 Å². The maximum atomic E-state index is 12.4. The minimum absolute atomic E-state index is 0.170. The molecule has 3 aromatic heterocycles. The number of anilines is 1. The second-order valence-corrected chi connectivity index (χ2v) is 8.78. The van der Waals surface area contributed by atoms with Crippen molar-refractivity contribution in [1.29, 1.82) is 0 Å². The van der Waals surface area contributed by atoms with E-state index in [0.29, 0.717) is 5.88 Å². The number of rotatable bonds is 3. The van der Waals surface area contributed by atoms with Gasteiger partial charge in [0.15, 0.2) is 0 Å². The summed E-state index contributed by atoms with van der Waals surface area (Å²) in [6.45, 7) is 2.56. The van der Waals surface area contributed by atoms with Gasteiger partial charge in [0.25, 0.3) is 0 Å². The van der Waals surface area contributed by atoms with Crippen LogP contribution in [0.15, 0.2) is 54.9 Å². The molecular formula is C25H25N5O2. The SMILES string of the molecule is COc1ccc2cc(-c3cnn4cccc(N5CCC6(CCNC6=O)CC5)c34)ccc2n1. The molecule has 1 amide bonds. The molecule has 32 heavy (non-hydrogen) atoms. The number of methoxy groups -OCH3 is 1. The van der Waals surface area contributed by atoms with E-state index in [1.807, 2.05) is 41.2 Å². The zero-order chi connectivity index (χ0) is 21.7. The normalized spacial score (nSPS) is 17.9. The van der Waals surface area contributed by atoms with Crippen molar-refractivity contribution in [3.63, 3.8) is 0 Å². The molecule has 162 valence electrons. The summed E-state index contributed by atoms with van der Waals surface area (Å²) in [5.74, 6) is 0.851. The molecule has 2 aliphatic rings. The van der Waals surface area contributed by atoms with Crippen LogP contribution in [0.1, 0.15) is 19.3 Å². The zero-order valence-electron chi connectivity index (χ0n) is 18.0. The molecule has 2 fully saturated rings. The number of pyridine rings is 2. The molecule has 2 saturated heterocycles. The number of hydrogen-bond acceptors (Lipinski definition) is 5. The Morgan fingerprint density at radius 3 is 2.75 bits per heavy atom. The Hall–Kier alpha value is -3.61. The molecule has 0 bridgehead atoms. The van der Waals surface area contributed by atoms with Gasteiger partial charge in [-0.15, -0.1) is 0 Å². The molecule has 6 rings (SSSR count). The standard InChI is InChI=1S/C25H25N5O2/c1-32-22-7-5-18-15-17(4-6-20(18)28-22)19-16-27-30-12-2-3-21(23(19)30)29-13-9-25(10-14-29)8-11-26-24(25)31/h2-7,12,15-16H,8-11,13-14H2,1H3,(H,26,31). The van der Waals surface area contributed by atoms with Crippen LogP contribution < -0.4 is 15.0 Å². The van der Waals surface area contributed by atoms with Gasteiger partial charge in [0.05, 0.1) is 35.4 Å². The molecule has 5 heterocycles. The molecular weight excluding hydrogens is 402 g/mol. The van der Waals surface area contributed by atoms with Gasteiger partial charge in [-0.1, -0.05) is 6.07 Å². The van der Waals surface area contributed by atoms with Crippen molar-refractivity contribution in [1.82, 2.24) is 19.9 Å². The summed E-state index contributed by atoms with van der Waals surface area (Å²) in [7, 11) is 1.63. The molecule has 7 nitrogen and oxygen atoms in total. The molecule has 1 N–H and O–H groups in total. The fraction of sp³-hybridized carbons (Fsp3) is 0.320. The van der Waals surface area contributed by atoms with Crippen LogP contribution in [-0.2, 0) is 4.79 Å². The molecule has 0 aliphatic carbocycles. The van der Waals surface area contributed by atoms with Crippen LogP contribution in [0.4, 0.5) is 5.69 Å². The molecule has 1 aromatic carbocycles. The van der Waals surface area contributed by atoms with Crippen LogP contribution in [0.3, 0.4) is 0 Å². The predicted molar refractivity (Wildman–Crippen MR) is 124 cm³/mol. The van der Waals surface area contributed by atoms with E-state index < -0.39 is 0 Å². The summed E-state index contributed by atoms with van der Waals surface area (Å²) in [5, 5.41) is 8.72. The first-order chi connectivity index (χ1) is 15.7. The van der Waals surface area contributed by atoms with Crippen LogP contribution >= 0.6 is 0 Å². The van der Waals surface area contributed by atoms with Gasteiger partial charge < -0.3 is 15.0 Å². The van der Waals surface area contributed by atoms with Crippen molar-refractivity contribution in [2.75, 3.05) is 31.6 Å². The van der Waals surface area contributed by atoms with Gasteiger partial charge in [0, 0.05) is 42.8 Å². The number of ether oxygens (including phenoxy) is 1. The average Bonchev–Trinajstić information content (AvgIpc) is 3.43. The number of piperidine rings is 1. The lowest BCUT2D eigenvalue weighted by Crippen LogP contribution is -2.44. The average molecular weight is 428 g/mol. The van der Waals surface area contributed by atoms with E-state index in [0.717, 1.165) is 66.4 Å². The largest absolute Gasteiger partial charge is 0.481 e. The van der Waals surface area contributed by atoms with Gasteiger partial charge in [0.2, 0.25) is 11.8 Å². The number of fused-ring (bicyclic) bond motifs is 2. The molecule has 0 atom stereocenters. The maximum absolute atomic E-state index is 12.4. The van der Waals surface area contributed by atoms with Crippen LogP contribution in [0.5, 0.6) is 5.88 Å². The van der Waals surface area contributed by atoms with Crippen LogP contribution in [0.25, 0.3) is 27.5 Å². The van der Waals surface area contributed by atoms with E-state index in [-0.39, 0.29) is 11.3 Å². The van der Waals surface area contributed by atoms with Crippen LogP contribution in [-0.4, -0.2) is 47.2 Å². The Balaban J connectivity index is 1.38. The smallest absolute Gasteiger partial charge is 0.226 e. The number of benzene rings is 1. The van der Waals surface area contributed by atoms with Crippen molar-refractivity contribution in [3.8, 4) is 17.0 Å². The van der Waals surface area contributed by atoms with E-state index >= 15 is 0 Å². The number of hydrogen-bond donors (Lipinski definition) is 1. The third-order valence-corrected chi connectivity index (χ3v) is 7.14. The fourth-order valence-corrected chi connectivity index (χ4v) is 5.25. The van der Waals surface area contributed by atoms with Gasteiger partial charge in [-0.25, -0.2) is 9.50 Å². The maximum Gasteiger partial charge on any atom is 0.226 e. The van der Waals surface area contributed by atoms with Gasteiger partial charge in [-0.2, -0.15) is 5.10 Å². The number of nitrogens with one attached hydrogen (secondary N) is 1. The van der Waals surface area contributed by atoms with E-state index in [2.05, 4.69) is 38.5 Å². The monoisotopic (exact) mass is 427 g/mol. The van der Waals surface area contributed by atoms with Crippen LogP contribution in [0, 0.1) is 5.41 Å². The molecule has 0 saturated carbocycles. The second kappa shape index (κ2) is 7.22. The van der Waals surface area contributed by atoms with Crippen molar-refractivity contribution in [2.45, 2.75) is 19.3 Å². The van der Waals surface area contributed by atoms with Gasteiger partial charge in [-0.3, -0.25) is 4.79 Å². The lowest BCUT2D eigenvalue weighted by Gasteiger charge is -2.38. The molecule has 7 heteroatoms. The number of aromatic nitrogens is 3. The second-order valence-electron chi connectivity index (χ2n) is 8.78. The number of amides is 1. The Kier molecular flexibility index (Phi) is 4.31. The Morgan fingerprint density at radius 1 is 1.09 bits per heavy atom. The van der Waals surface area contributed by atoms with E-state index in [1.54, 1.807) is 7.11 Å². The highest BCUT2D eigenvalue weighted by Gasteiger charge is 2.44. The molecule has 2 aliphatic heterocycles. The van der Waals surface area contributed by atoms with E-state index in [1.165, 1.54) is 5.69 Å². The number of carbonyl (C=O) groups is 1. The van der Waals surface area contributed by atoms with Crippen molar-refractivity contribution < 1.29 is 9.53 Å². The third-order valence-electron chi connectivity index (χ3n) is 7.14. The summed E-state index contributed by atoms with van der Waals surface area (Å²) < 4.78 is 7.20. The number of nitrogens with zero attached hydrogens (tertiary/aromatic N) is 4. The first-order valence-electron chi connectivity index (χ1n) is 11.1. The third kappa shape index (κ3) is 2.92. The van der Waals surface area contributed by atoms with Crippen molar-refractivity contribution >= 4 is 28.0 Å². The fourth-order valence-electron chi connectivity index (χ4n) is 5.25. The van der Waals surface area contributed by atoms with Gasteiger partial charge in [0.1, 0.15) is 0 Å². The minimum Gasteiger partial charge on any atom is -0.481 e. The lowest BCUT2D eigenvalue weighted by molar-refractivity contribution is -0.128. The van der Waals surface area contributed by atoms with Crippen LogP contribution in [0.2, 0.25) is 0 Å². The summed E-state index contributed by atoms with van der Waals surface area (Å²) in [6.07, 6.45) is 6.68. The topological polar surface area (TPSA) is 71.8 Å². The first-order valence-corrected chi connectivity index (χ1v) is 11.1. The Labute approximate surface area is 186 Å². The highest BCUT2D eigenvalue weighted by Crippen LogP contribution is 2.41. The van der Waals surface area contributed by atoms with E-state index in [4.69, 9.17) is 4.74 Å². The number of carbonyl (C=O) groups excluding carboxylic acids is 1. The molecule has 0 unspecified atom stereocenters. The Morgan fingerprint density at radius 2 is 1.97 bits per heavy atom. The zero-order valence-corrected chi connectivity index (χ0v) is 18.0. The summed E-state index contributed by atoms with van der Waals surface area (Å²) in [5.41, 5.74) is 5.20. The lowest BCUT2D eigenvalue weighted by atomic mass is 9.77. The minimum atomic E-state index is -0.170.